The molecule has 2 heterocycles. The molecule has 0 saturated heterocycles. The van der Waals surface area contributed by atoms with Crippen LogP contribution in [0.25, 0.3) is 6.08 Å². The number of fused-ring (bicyclic) bond motifs is 1. The number of carbonyl (C=O) groups excluding carboxylic acids is 1. The van der Waals surface area contributed by atoms with Crippen molar-refractivity contribution in [3.63, 3.8) is 0 Å². The van der Waals surface area contributed by atoms with Gasteiger partial charge in [-0.15, -0.1) is 0 Å². The van der Waals surface area contributed by atoms with Crippen LogP contribution in [0.2, 0.25) is 5.02 Å². The van der Waals surface area contributed by atoms with Crippen LogP contribution >= 0.6 is 68.1 Å². The molecule has 4 aromatic rings. The lowest BCUT2D eigenvalue weighted by Gasteiger charge is -2.24. The molecule has 0 unspecified atom stereocenters. The zero-order chi connectivity index (χ0) is 29.3. The lowest BCUT2D eigenvalue weighted by atomic mass is 9.96. The molecule has 0 radical (unpaired) electrons. The Bertz CT molecular complexity index is 1870. The first-order valence-electron chi connectivity index (χ1n) is 12.5. The molecule has 0 saturated carbocycles. The molecule has 210 valence electrons. The summed E-state index contributed by atoms with van der Waals surface area (Å²) >= 11 is 11.8. The highest BCUT2D eigenvalue weighted by atomic mass is 127. The molecule has 6 nitrogen and oxygen atoms in total. The maximum Gasteiger partial charge on any atom is 0.338 e. The first-order valence-corrected chi connectivity index (χ1v) is 15.8. The van der Waals surface area contributed by atoms with Crippen molar-refractivity contribution in [2.24, 2.45) is 4.99 Å². The topological polar surface area (TPSA) is 69.9 Å². The Labute approximate surface area is 271 Å². The molecule has 11 heteroatoms. The molecule has 0 bridgehead atoms. The van der Waals surface area contributed by atoms with Gasteiger partial charge in [0.1, 0.15) is 18.2 Å². The summed E-state index contributed by atoms with van der Waals surface area (Å²) < 4.78 is 29.1. The van der Waals surface area contributed by atoms with Crippen molar-refractivity contribution in [2.75, 3.05) is 6.61 Å². The monoisotopic (exact) mass is 814 g/mol. The molecule has 0 aliphatic carbocycles. The minimum atomic E-state index is -0.817. The zero-order valence-corrected chi connectivity index (χ0v) is 27.7. The van der Waals surface area contributed by atoms with E-state index in [1.54, 1.807) is 38.1 Å². The van der Waals surface area contributed by atoms with Crippen LogP contribution in [-0.2, 0) is 16.1 Å². The van der Waals surface area contributed by atoms with E-state index >= 15 is 0 Å². The van der Waals surface area contributed by atoms with E-state index in [1.165, 1.54) is 28.0 Å². The van der Waals surface area contributed by atoms with Gasteiger partial charge in [0.15, 0.2) is 4.80 Å². The smallest absolute Gasteiger partial charge is 0.338 e. The molecule has 1 aliphatic rings. The van der Waals surface area contributed by atoms with Crippen molar-refractivity contribution in [1.29, 1.82) is 0 Å². The molecule has 5 rings (SSSR count). The number of halogens is 4. The van der Waals surface area contributed by atoms with Crippen LogP contribution in [0, 0.1) is 13.0 Å². The standard InChI is InChI=1S/C30H22ClFI2N2O4S/c1-3-39-29(38)25-16(2)35-30-36(26(25)18-7-9-21(32)10-8-18)28(37)24(41-30)13-19-12-22(33)14-23(34)27(19)40-15-17-5-4-6-20(31)11-17/h4-14,26H,3,15H2,1-2H3/b24-13-/t26-/m0/s1. The number of hydrogen-bond acceptors (Lipinski definition) is 6. The summed E-state index contributed by atoms with van der Waals surface area (Å²) in [7, 11) is 0. The third kappa shape index (κ3) is 6.45. The Morgan fingerprint density at radius 3 is 2.63 bits per heavy atom. The number of allylic oxidation sites excluding steroid dienone is 1. The van der Waals surface area contributed by atoms with E-state index in [1.807, 2.05) is 30.3 Å². The van der Waals surface area contributed by atoms with E-state index in [0.717, 1.165) is 18.3 Å². The number of nitrogens with zero attached hydrogens (tertiary/aromatic N) is 2. The molecule has 41 heavy (non-hydrogen) atoms. The van der Waals surface area contributed by atoms with E-state index < -0.39 is 17.8 Å². The van der Waals surface area contributed by atoms with Crippen LogP contribution < -0.4 is 19.6 Å². The van der Waals surface area contributed by atoms with Crippen LogP contribution in [0.3, 0.4) is 0 Å². The minimum absolute atomic E-state index is 0.166. The number of esters is 1. The van der Waals surface area contributed by atoms with Gasteiger partial charge in [0.05, 0.1) is 32.0 Å². The molecular formula is C30H22ClFI2N2O4S. The van der Waals surface area contributed by atoms with Crippen LogP contribution in [0.15, 0.2) is 81.7 Å². The van der Waals surface area contributed by atoms with Gasteiger partial charge in [0.25, 0.3) is 5.56 Å². The number of thiazole rings is 1. The maximum atomic E-state index is 14.0. The molecule has 0 fully saturated rings. The third-order valence-electron chi connectivity index (χ3n) is 6.30. The number of ether oxygens (including phenoxy) is 2. The fourth-order valence-corrected chi connectivity index (χ4v) is 7.81. The minimum Gasteiger partial charge on any atom is -0.487 e. The lowest BCUT2D eigenvalue weighted by molar-refractivity contribution is -0.139. The summed E-state index contributed by atoms with van der Waals surface area (Å²) in [6.07, 6.45) is 1.78. The molecule has 1 aliphatic heterocycles. The maximum absolute atomic E-state index is 14.0. The molecule has 0 N–H and O–H groups in total. The number of hydrogen-bond donors (Lipinski definition) is 0. The Balaban J connectivity index is 1.65. The molecule has 1 aromatic heterocycles. The molecular weight excluding hydrogens is 793 g/mol. The number of rotatable bonds is 7. The van der Waals surface area contributed by atoms with Gasteiger partial charge >= 0.3 is 5.97 Å². The predicted octanol–water partition coefficient (Wildman–Crippen LogP) is 6.38. The van der Waals surface area contributed by atoms with Crippen LogP contribution in [-0.4, -0.2) is 17.1 Å². The van der Waals surface area contributed by atoms with Gasteiger partial charge in [0, 0.05) is 14.2 Å². The SMILES string of the molecule is CCOC(=O)C1=C(C)N=c2s/c(=C\c3cc(I)cc(I)c3OCc3cccc(Cl)c3)c(=O)n2[C@H]1c1ccc(F)cc1. The second-order valence-corrected chi connectivity index (χ2v) is 12.9. The van der Waals surface area contributed by atoms with Crippen molar-refractivity contribution in [2.45, 2.75) is 26.5 Å². The van der Waals surface area contributed by atoms with Gasteiger partial charge in [-0.2, -0.15) is 0 Å². The average molecular weight is 815 g/mol. The number of benzene rings is 3. The Hall–Kier alpha value is -2.55. The van der Waals surface area contributed by atoms with Gasteiger partial charge in [-0.25, -0.2) is 14.2 Å². The van der Waals surface area contributed by atoms with Crippen LogP contribution in [0.5, 0.6) is 5.75 Å². The van der Waals surface area contributed by atoms with Gasteiger partial charge in [-0.3, -0.25) is 9.36 Å². The van der Waals surface area contributed by atoms with Gasteiger partial charge in [-0.05, 0) is 113 Å². The van der Waals surface area contributed by atoms with Crippen molar-refractivity contribution in [1.82, 2.24) is 4.57 Å². The molecule has 1 atom stereocenters. The van der Waals surface area contributed by atoms with Gasteiger partial charge < -0.3 is 9.47 Å². The summed E-state index contributed by atoms with van der Waals surface area (Å²) in [5.41, 5.74) is 2.58. The highest BCUT2D eigenvalue weighted by Crippen LogP contribution is 2.32. The average Bonchev–Trinajstić information content (AvgIpc) is 3.22. The number of carbonyl (C=O) groups is 1. The van der Waals surface area contributed by atoms with E-state index in [0.29, 0.717) is 38.0 Å². The quantitative estimate of drug-likeness (QED) is 0.161. The van der Waals surface area contributed by atoms with Crippen molar-refractivity contribution < 1.29 is 18.7 Å². The Kier molecular flexibility index (Phi) is 9.31. The third-order valence-corrected chi connectivity index (χ3v) is 8.94. The second-order valence-electron chi connectivity index (χ2n) is 9.08. The summed E-state index contributed by atoms with van der Waals surface area (Å²) in [6, 6.07) is 16.3. The van der Waals surface area contributed by atoms with Crippen molar-refractivity contribution in [3.8, 4) is 5.75 Å². The van der Waals surface area contributed by atoms with E-state index in [-0.39, 0.29) is 17.7 Å². The summed E-state index contributed by atoms with van der Waals surface area (Å²) in [5, 5.41) is 0.623. The van der Waals surface area contributed by atoms with E-state index in [9.17, 15) is 14.0 Å². The van der Waals surface area contributed by atoms with Gasteiger partial charge in [-0.1, -0.05) is 47.2 Å². The molecule has 3 aromatic carbocycles. The van der Waals surface area contributed by atoms with Crippen LogP contribution in [0.1, 0.15) is 36.6 Å². The largest absolute Gasteiger partial charge is 0.487 e. The summed E-state index contributed by atoms with van der Waals surface area (Å²) in [4.78, 5) is 32.1. The Morgan fingerprint density at radius 1 is 1.17 bits per heavy atom. The number of aromatic nitrogens is 1. The first kappa shape index (κ1) is 29.9. The van der Waals surface area contributed by atoms with E-state index in [4.69, 9.17) is 21.1 Å². The molecule has 0 amide bonds. The van der Waals surface area contributed by atoms with Crippen molar-refractivity contribution >= 4 is 80.2 Å². The molecule has 0 spiro atoms. The summed E-state index contributed by atoms with van der Waals surface area (Å²) in [6.45, 7) is 3.89. The highest BCUT2D eigenvalue weighted by molar-refractivity contribution is 14.1. The Morgan fingerprint density at radius 2 is 1.93 bits per heavy atom. The van der Waals surface area contributed by atoms with E-state index in [2.05, 4.69) is 50.2 Å². The van der Waals surface area contributed by atoms with Gasteiger partial charge in [0.2, 0.25) is 0 Å². The highest BCUT2D eigenvalue weighted by Gasteiger charge is 2.33. The fraction of sp³-hybridized carbons (Fsp3) is 0.167. The van der Waals surface area contributed by atoms with Crippen molar-refractivity contribution in [3.05, 3.63) is 126 Å². The second kappa shape index (κ2) is 12.8. The predicted molar refractivity (Wildman–Crippen MR) is 174 cm³/mol. The summed E-state index contributed by atoms with van der Waals surface area (Å²) in [5.74, 6) is -0.352. The fourth-order valence-electron chi connectivity index (χ4n) is 4.52. The first-order chi connectivity index (χ1) is 19.7. The zero-order valence-electron chi connectivity index (χ0n) is 21.8. The van der Waals surface area contributed by atoms with Crippen LogP contribution in [0.4, 0.5) is 4.39 Å². The normalized spacial score (nSPS) is 15.0. The lowest BCUT2D eigenvalue weighted by Crippen LogP contribution is -2.39.